The van der Waals surface area contributed by atoms with Gasteiger partial charge in [0, 0.05) is 18.4 Å². The standard InChI is InChI=1S/C14H17N3O3/c1-9(10-5-3-4-6-12(10)20-2)15-14(19)11-7-8-13(18)17-16-11/h3-6,9H,7-8H2,1-2H3,(H,15,19)(H,17,18). The van der Waals surface area contributed by atoms with Crippen LogP contribution in [-0.2, 0) is 9.59 Å². The van der Waals surface area contributed by atoms with Crippen LogP contribution in [0.2, 0.25) is 0 Å². The summed E-state index contributed by atoms with van der Waals surface area (Å²) in [4.78, 5) is 23.0. The van der Waals surface area contributed by atoms with Crippen LogP contribution in [0.1, 0.15) is 31.4 Å². The molecule has 0 aliphatic carbocycles. The number of amides is 2. The molecule has 0 aromatic heterocycles. The summed E-state index contributed by atoms with van der Waals surface area (Å²) in [6.45, 7) is 1.87. The van der Waals surface area contributed by atoms with Gasteiger partial charge in [0.1, 0.15) is 11.5 Å². The second-order valence-electron chi connectivity index (χ2n) is 4.53. The number of methoxy groups -OCH3 is 1. The van der Waals surface area contributed by atoms with E-state index in [0.29, 0.717) is 12.1 Å². The summed E-state index contributed by atoms with van der Waals surface area (Å²) >= 11 is 0. The molecule has 0 saturated heterocycles. The lowest BCUT2D eigenvalue weighted by molar-refractivity contribution is -0.121. The number of nitrogens with zero attached hydrogens (tertiary/aromatic N) is 1. The minimum absolute atomic E-state index is 0.167. The molecular formula is C14H17N3O3. The minimum Gasteiger partial charge on any atom is -0.496 e. The first-order valence-corrected chi connectivity index (χ1v) is 6.41. The van der Waals surface area contributed by atoms with Crippen LogP contribution in [0.4, 0.5) is 0 Å². The Bertz CT molecular complexity index is 554. The zero-order chi connectivity index (χ0) is 14.5. The Morgan fingerprint density at radius 2 is 2.15 bits per heavy atom. The molecule has 1 aromatic carbocycles. The summed E-state index contributed by atoms with van der Waals surface area (Å²) in [7, 11) is 1.59. The minimum atomic E-state index is -0.275. The topological polar surface area (TPSA) is 79.8 Å². The molecule has 1 aliphatic rings. The Morgan fingerprint density at radius 1 is 1.40 bits per heavy atom. The summed E-state index contributed by atoms with van der Waals surface area (Å²) in [5.74, 6) is 0.280. The summed E-state index contributed by atoms with van der Waals surface area (Å²) in [5.41, 5.74) is 3.54. The molecule has 0 radical (unpaired) electrons. The molecule has 1 unspecified atom stereocenters. The molecule has 6 nitrogen and oxygen atoms in total. The fraction of sp³-hybridized carbons (Fsp3) is 0.357. The van der Waals surface area contributed by atoms with Crippen LogP contribution in [0, 0.1) is 0 Å². The first-order valence-electron chi connectivity index (χ1n) is 6.41. The zero-order valence-electron chi connectivity index (χ0n) is 11.5. The van der Waals surface area contributed by atoms with Gasteiger partial charge in [-0.25, -0.2) is 5.43 Å². The average Bonchev–Trinajstić information content (AvgIpc) is 2.47. The molecule has 0 bridgehead atoms. The Morgan fingerprint density at radius 3 is 2.80 bits per heavy atom. The number of hydrazone groups is 1. The lowest BCUT2D eigenvalue weighted by Gasteiger charge is -2.18. The van der Waals surface area contributed by atoms with Crippen LogP contribution in [0.15, 0.2) is 29.4 Å². The molecule has 0 saturated carbocycles. The number of hydrogen-bond acceptors (Lipinski definition) is 4. The van der Waals surface area contributed by atoms with Gasteiger partial charge in [-0.1, -0.05) is 18.2 Å². The predicted molar refractivity (Wildman–Crippen MR) is 74.4 cm³/mol. The van der Waals surface area contributed by atoms with E-state index < -0.39 is 0 Å². The van der Waals surface area contributed by atoms with Crippen molar-refractivity contribution in [1.82, 2.24) is 10.7 Å². The zero-order valence-corrected chi connectivity index (χ0v) is 11.5. The number of carbonyl (C=O) groups excluding carboxylic acids is 2. The number of benzene rings is 1. The van der Waals surface area contributed by atoms with Crippen molar-refractivity contribution < 1.29 is 14.3 Å². The monoisotopic (exact) mass is 275 g/mol. The van der Waals surface area contributed by atoms with Gasteiger partial charge < -0.3 is 10.1 Å². The summed E-state index contributed by atoms with van der Waals surface area (Å²) in [5, 5.41) is 6.63. The molecule has 6 heteroatoms. The van der Waals surface area contributed by atoms with Crippen LogP contribution in [0.25, 0.3) is 0 Å². The summed E-state index contributed by atoms with van der Waals surface area (Å²) in [6, 6.07) is 7.29. The van der Waals surface area contributed by atoms with Crippen molar-refractivity contribution in [2.45, 2.75) is 25.8 Å². The number of hydrogen-bond donors (Lipinski definition) is 2. The van der Waals surface area contributed by atoms with Crippen LogP contribution < -0.4 is 15.5 Å². The first kappa shape index (κ1) is 14.0. The van der Waals surface area contributed by atoms with Gasteiger partial charge in [-0.05, 0) is 13.0 Å². The Kier molecular flexibility index (Phi) is 4.34. The van der Waals surface area contributed by atoms with Crippen molar-refractivity contribution in [1.29, 1.82) is 0 Å². The Balaban J connectivity index is 2.06. The van der Waals surface area contributed by atoms with Gasteiger partial charge in [-0.2, -0.15) is 5.10 Å². The molecule has 1 heterocycles. The molecule has 1 aliphatic heterocycles. The SMILES string of the molecule is COc1ccccc1C(C)NC(=O)C1=NNC(=O)CC1. The highest BCUT2D eigenvalue weighted by atomic mass is 16.5. The van der Waals surface area contributed by atoms with Crippen LogP contribution in [0.5, 0.6) is 5.75 Å². The fourth-order valence-electron chi connectivity index (χ4n) is 2.02. The van der Waals surface area contributed by atoms with Crippen molar-refractivity contribution in [3.8, 4) is 5.75 Å². The molecule has 2 amide bonds. The normalized spacial score (nSPS) is 15.9. The van der Waals surface area contributed by atoms with Gasteiger partial charge in [0.2, 0.25) is 5.91 Å². The fourth-order valence-corrected chi connectivity index (χ4v) is 2.02. The molecule has 1 aromatic rings. The Labute approximate surface area is 117 Å². The number of para-hydroxylation sites is 1. The highest BCUT2D eigenvalue weighted by molar-refractivity contribution is 6.39. The average molecular weight is 275 g/mol. The van der Waals surface area contributed by atoms with Gasteiger partial charge in [-0.3, -0.25) is 9.59 Å². The van der Waals surface area contributed by atoms with Crippen molar-refractivity contribution in [2.75, 3.05) is 7.11 Å². The van der Waals surface area contributed by atoms with E-state index in [1.165, 1.54) is 0 Å². The smallest absolute Gasteiger partial charge is 0.267 e. The number of nitrogens with one attached hydrogen (secondary N) is 2. The van der Waals surface area contributed by atoms with E-state index >= 15 is 0 Å². The van der Waals surface area contributed by atoms with E-state index in [-0.39, 0.29) is 24.3 Å². The molecule has 0 spiro atoms. The number of ether oxygens (including phenoxy) is 1. The highest BCUT2D eigenvalue weighted by Gasteiger charge is 2.21. The van der Waals surface area contributed by atoms with Crippen molar-refractivity contribution in [3.05, 3.63) is 29.8 Å². The van der Waals surface area contributed by atoms with E-state index in [4.69, 9.17) is 4.74 Å². The third kappa shape index (κ3) is 3.14. The second-order valence-corrected chi connectivity index (χ2v) is 4.53. The van der Waals surface area contributed by atoms with Gasteiger partial charge in [0.05, 0.1) is 13.2 Å². The van der Waals surface area contributed by atoms with Gasteiger partial charge >= 0.3 is 0 Å². The highest BCUT2D eigenvalue weighted by Crippen LogP contribution is 2.24. The van der Waals surface area contributed by atoms with Crippen LogP contribution in [-0.4, -0.2) is 24.6 Å². The first-order chi connectivity index (χ1) is 9.61. The quantitative estimate of drug-likeness (QED) is 0.864. The molecule has 2 N–H and O–H groups in total. The molecule has 20 heavy (non-hydrogen) atoms. The van der Waals surface area contributed by atoms with E-state index in [1.54, 1.807) is 7.11 Å². The molecular weight excluding hydrogens is 258 g/mol. The van der Waals surface area contributed by atoms with Gasteiger partial charge in [-0.15, -0.1) is 0 Å². The summed E-state index contributed by atoms with van der Waals surface area (Å²) in [6.07, 6.45) is 0.644. The maximum absolute atomic E-state index is 12.1. The molecule has 0 fully saturated rings. The van der Waals surface area contributed by atoms with Gasteiger partial charge in [0.15, 0.2) is 0 Å². The lowest BCUT2D eigenvalue weighted by atomic mass is 10.1. The van der Waals surface area contributed by atoms with Crippen molar-refractivity contribution >= 4 is 17.5 Å². The van der Waals surface area contributed by atoms with Crippen molar-refractivity contribution in [3.63, 3.8) is 0 Å². The van der Waals surface area contributed by atoms with Crippen LogP contribution in [0.3, 0.4) is 0 Å². The molecule has 106 valence electrons. The predicted octanol–water partition coefficient (Wildman–Crippen LogP) is 1.14. The largest absolute Gasteiger partial charge is 0.496 e. The number of rotatable bonds is 4. The summed E-state index contributed by atoms with van der Waals surface area (Å²) < 4.78 is 5.27. The van der Waals surface area contributed by atoms with E-state index in [1.807, 2.05) is 31.2 Å². The van der Waals surface area contributed by atoms with Crippen molar-refractivity contribution in [2.24, 2.45) is 5.10 Å². The molecule has 1 atom stereocenters. The number of carbonyl (C=O) groups is 2. The maximum atomic E-state index is 12.1. The second kappa shape index (κ2) is 6.18. The Hall–Kier alpha value is -2.37. The molecule has 2 rings (SSSR count). The lowest BCUT2D eigenvalue weighted by Crippen LogP contribution is -2.38. The van der Waals surface area contributed by atoms with E-state index in [0.717, 1.165) is 11.3 Å². The van der Waals surface area contributed by atoms with Gasteiger partial charge in [0.25, 0.3) is 5.91 Å². The van der Waals surface area contributed by atoms with E-state index in [9.17, 15) is 9.59 Å². The maximum Gasteiger partial charge on any atom is 0.267 e. The third-order valence-corrected chi connectivity index (χ3v) is 3.12. The van der Waals surface area contributed by atoms with E-state index in [2.05, 4.69) is 15.8 Å². The third-order valence-electron chi connectivity index (χ3n) is 3.12. The van der Waals surface area contributed by atoms with Crippen LogP contribution >= 0.6 is 0 Å².